The van der Waals surface area contributed by atoms with E-state index < -0.39 is 10.0 Å². The molecule has 1 aliphatic heterocycles. The lowest BCUT2D eigenvalue weighted by molar-refractivity contribution is -0.131. The fraction of sp³-hybridized carbons (Fsp3) is 0.321. The van der Waals surface area contributed by atoms with Crippen molar-refractivity contribution in [3.63, 3.8) is 0 Å². The van der Waals surface area contributed by atoms with Crippen LogP contribution in [0.2, 0.25) is 0 Å². The van der Waals surface area contributed by atoms with Gasteiger partial charge in [0.15, 0.2) is 0 Å². The number of aryl methyl sites for hydroxylation is 1. The summed E-state index contributed by atoms with van der Waals surface area (Å²) in [6, 6.07) is 23.8. The molecule has 0 aromatic heterocycles. The molecule has 8 heteroatoms. The molecule has 1 fully saturated rings. The fourth-order valence-electron chi connectivity index (χ4n) is 4.25. The zero-order valence-corrected chi connectivity index (χ0v) is 21.7. The quantitative estimate of drug-likeness (QED) is 0.439. The molecule has 7 nitrogen and oxygen atoms in total. The van der Waals surface area contributed by atoms with E-state index in [4.69, 9.17) is 4.74 Å². The number of hydrogen-bond acceptors (Lipinski definition) is 5. The molecule has 3 aromatic rings. The lowest BCUT2D eigenvalue weighted by Crippen LogP contribution is -2.51. The zero-order valence-electron chi connectivity index (χ0n) is 20.8. The third kappa shape index (κ3) is 6.25. The molecular formula is C28H33N3O4S. The Labute approximate surface area is 214 Å². The maximum atomic E-state index is 13.6. The van der Waals surface area contributed by atoms with Crippen molar-refractivity contribution in [1.29, 1.82) is 0 Å². The maximum Gasteiger partial charge on any atom is 0.264 e. The van der Waals surface area contributed by atoms with Gasteiger partial charge in [0.2, 0.25) is 5.91 Å². The van der Waals surface area contributed by atoms with Crippen molar-refractivity contribution in [2.24, 2.45) is 0 Å². The van der Waals surface area contributed by atoms with E-state index in [1.807, 2.05) is 32.0 Å². The van der Waals surface area contributed by atoms with Gasteiger partial charge in [0.05, 0.1) is 17.2 Å². The molecule has 1 saturated heterocycles. The molecule has 0 aliphatic carbocycles. The van der Waals surface area contributed by atoms with Gasteiger partial charge >= 0.3 is 0 Å². The van der Waals surface area contributed by atoms with Crippen LogP contribution in [-0.2, 0) is 21.4 Å². The molecule has 190 valence electrons. The number of carbonyl (C=O) groups excluding carboxylic acids is 1. The molecule has 0 unspecified atom stereocenters. The van der Waals surface area contributed by atoms with Crippen LogP contribution < -0.4 is 9.04 Å². The minimum Gasteiger partial charge on any atom is -0.494 e. The third-order valence-electron chi connectivity index (χ3n) is 6.30. The minimum absolute atomic E-state index is 0.155. The molecule has 4 rings (SSSR count). The minimum atomic E-state index is -3.95. The van der Waals surface area contributed by atoms with Gasteiger partial charge in [-0.1, -0.05) is 48.0 Å². The van der Waals surface area contributed by atoms with Gasteiger partial charge in [-0.25, -0.2) is 8.42 Å². The molecular weight excluding hydrogens is 474 g/mol. The first-order valence-corrected chi connectivity index (χ1v) is 13.7. The SMILES string of the molecule is CCOc1ccc(N(CC(=O)N2CCN(Cc3ccccc3)CC2)S(=O)(=O)c2ccc(C)cc2)cc1. The van der Waals surface area contributed by atoms with Crippen LogP contribution in [0.15, 0.2) is 83.8 Å². The van der Waals surface area contributed by atoms with Crippen molar-refractivity contribution in [3.05, 3.63) is 90.0 Å². The number of amides is 1. The van der Waals surface area contributed by atoms with Crippen LogP contribution in [0.3, 0.4) is 0 Å². The van der Waals surface area contributed by atoms with Gasteiger partial charge in [-0.05, 0) is 55.8 Å². The summed E-state index contributed by atoms with van der Waals surface area (Å²) in [5.74, 6) is 0.439. The van der Waals surface area contributed by atoms with Crippen LogP contribution in [0.1, 0.15) is 18.1 Å². The Hall–Kier alpha value is -3.36. The third-order valence-corrected chi connectivity index (χ3v) is 8.09. The maximum absolute atomic E-state index is 13.6. The highest BCUT2D eigenvalue weighted by Crippen LogP contribution is 2.26. The number of nitrogens with zero attached hydrogens (tertiary/aromatic N) is 3. The summed E-state index contributed by atoms with van der Waals surface area (Å²) in [6.45, 7) is 7.50. The summed E-state index contributed by atoms with van der Waals surface area (Å²) < 4.78 is 34.0. The average molecular weight is 508 g/mol. The molecule has 0 spiro atoms. The van der Waals surface area contributed by atoms with Crippen LogP contribution in [0.4, 0.5) is 5.69 Å². The lowest BCUT2D eigenvalue weighted by Gasteiger charge is -2.36. The number of sulfonamides is 1. The van der Waals surface area contributed by atoms with Crippen molar-refractivity contribution < 1.29 is 17.9 Å². The number of carbonyl (C=O) groups is 1. The Kier molecular flexibility index (Phi) is 8.28. The summed E-state index contributed by atoms with van der Waals surface area (Å²) in [4.78, 5) is 17.5. The van der Waals surface area contributed by atoms with Crippen molar-refractivity contribution in [1.82, 2.24) is 9.80 Å². The van der Waals surface area contributed by atoms with Crippen LogP contribution >= 0.6 is 0 Å². The largest absolute Gasteiger partial charge is 0.494 e. The first-order valence-electron chi connectivity index (χ1n) is 12.2. The van der Waals surface area contributed by atoms with E-state index in [0.29, 0.717) is 31.1 Å². The van der Waals surface area contributed by atoms with Crippen molar-refractivity contribution >= 4 is 21.6 Å². The van der Waals surface area contributed by atoms with E-state index in [-0.39, 0.29) is 17.3 Å². The molecule has 0 radical (unpaired) electrons. The Morgan fingerprint density at radius 2 is 1.53 bits per heavy atom. The zero-order chi connectivity index (χ0) is 25.5. The van der Waals surface area contributed by atoms with Crippen molar-refractivity contribution in [2.45, 2.75) is 25.3 Å². The monoisotopic (exact) mass is 507 g/mol. The number of ether oxygens (including phenoxy) is 1. The normalized spacial score (nSPS) is 14.4. The molecule has 36 heavy (non-hydrogen) atoms. The van der Waals surface area contributed by atoms with Gasteiger partial charge in [0, 0.05) is 32.7 Å². The Bertz CT molecular complexity index is 1240. The van der Waals surface area contributed by atoms with Crippen molar-refractivity contribution in [2.75, 3.05) is 43.6 Å². The van der Waals surface area contributed by atoms with Gasteiger partial charge in [0.1, 0.15) is 12.3 Å². The van der Waals surface area contributed by atoms with Crippen LogP contribution in [0, 0.1) is 6.92 Å². The number of anilines is 1. The standard InChI is InChI=1S/C28H33N3O4S/c1-3-35-26-13-11-25(12-14-26)31(36(33,34)27-15-9-23(2)10-16-27)22-28(32)30-19-17-29(18-20-30)21-24-7-5-4-6-8-24/h4-16H,3,17-22H2,1-2H3. The first-order chi connectivity index (χ1) is 17.4. The average Bonchev–Trinajstić information content (AvgIpc) is 2.89. The van der Waals surface area contributed by atoms with E-state index in [1.165, 1.54) is 9.87 Å². The second-order valence-corrected chi connectivity index (χ2v) is 10.8. The van der Waals surface area contributed by atoms with Gasteiger partial charge < -0.3 is 9.64 Å². The molecule has 1 amide bonds. The number of benzene rings is 3. The first kappa shape index (κ1) is 25.7. The second kappa shape index (κ2) is 11.6. The van der Waals surface area contributed by atoms with Gasteiger partial charge in [-0.15, -0.1) is 0 Å². The summed E-state index contributed by atoms with van der Waals surface area (Å²) in [7, 11) is -3.95. The van der Waals surface area contributed by atoms with Crippen LogP contribution in [0.5, 0.6) is 5.75 Å². The molecule has 0 saturated carbocycles. The van der Waals surface area contributed by atoms with Gasteiger partial charge in [0.25, 0.3) is 10.0 Å². The Morgan fingerprint density at radius 1 is 0.889 bits per heavy atom. The van der Waals surface area contributed by atoms with Gasteiger partial charge in [-0.3, -0.25) is 14.0 Å². The highest BCUT2D eigenvalue weighted by atomic mass is 32.2. The second-order valence-electron chi connectivity index (χ2n) is 8.89. The molecule has 1 heterocycles. The topological polar surface area (TPSA) is 70.2 Å². The van der Waals surface area contributed by atoms with E-state index in [9.17, 15) is 13.2 Å². The van der Waals surface area contributed by atoms with E-state index >= 15 is 0 Å². The smallest absolute Gasteiger partial charge is 0.264 e. The van der Waals surface area contributed by atoms with Crippen LogP contribution in [-0.4, -0.2) is 63.5 Å². The number of hydrogen-bond donors (Lipinski definition) is 0. The highest BCUT2D eigenvalue weighted by molar-refractivity contribution is 7.92. The van der Waals surface area contributed by atoms with Crippen LogP contribution in [0.25, 0.3) is 0 Å². The lowest BCUT2D eigenvalue weighted by atomic mass is 10.2. The Morgan fingerprint density at radius 3 is 2.14 bits per heavy atom. The summed E-state index contributed by atoms with van der Waals surface area (Å²) in [5.41, 5.74) is 2.63. The molecule has 0 N–H and O–H groups in total. The summed E-state index contributed by atoms with van der Waals surface area (Å²) in [6.07, 6.45) is 0. The molecule has 0 bridgehead atoms. The van der Waals surface area contributed by atoms with E-state index in [2.05, 4.69) is 17.0 Å². The Balaban J connectivity index is 1.50. The van der Waals surface area contributed by atoms with Crippen molar-refractivity contribution in [3.8, 4) is 5.75 Å². The predicted octanol–water partition coefficient (Wildman–Crippen LogP) is 3.93. The predicted molar refractivity (Wildman–Crippen MR) is 142 cm³/mol. The fourth-order valence-corrected chi connectivity index (χ4v) is 5.66. The molecule has 0 atom stereocenters. The number of piperazine rings is 1. The van der Waals surface area contributed by atoms with Gasteiger partial charge in [-0.2, -0.15) is 0 Å². The van der Waals surface area contributed by atoms with E-state index in [1.54, 1.807) is 53.4 Å². The van der Waals surface area contributed by atoms with E-state index in [0.717, 1.165) is 25.2 Å². The number of rotatable bonds is 9. The molecule has 1 aliphatic rings. The molecule has 3 aromatic carbocycles. The summed E-state index contributed by atoms with van der Waals surface area (Å²) >= 11 is 0. The highest BCUT2D eigenvalue weighted by Gasteiger charge is 2.30. The summed E-state index contributed by atoms with van der Waals surface area (Å²) in [5, 5.41) is 0.